The Hall–Kier alpha value is -1.38. The second kappa shape index (κ2) is 4.43. The molecule has 6 heteroatoms. The number of rotatable bonds is 2. The molecule has 0 spiro atoms. The van der Waals surface area contributed by atoms with Gasteiger partial charge in [-0.25, -0.2) is 13.6 Å². The minimum atomic E-state index is -2.84. The summed E-state index contributed by atoms with van der Waals surface area (Å²) in [5.74, 6) is -3.87. The summed E-state index contributed by atoms with van der Waals surface area (Å²) in [6.45, 7) is -0.310. The van der Waals surface area contributed by atoms with Crippen molar-refractivity contribution in [3.8, 4) is 6.07 Å². The van der Waals surface area contributed by atoms with Gasteiger partial charge in [-0.2, -0.15) is 5.26 Å². The van der Waals surface area contributed by atoms with Gasteiger partial charge in [-0.3, -0.25) is 0 Å². The van der Waals surface area contributed by atoms with Gasteiger partial charge in [-0.05, 0) is 6.42 Å². The van der Waals surface area contributed by atoms with Crippen LogP contribution in [0, 0.1) is 17.2 Å². The van der Waals surface area contributed by atoms with Gasteiger partial charge in [-0.1, -0.05) is 0 Å². The van der Waals surface area contributed by atoms with Gasteiger partial charge in [0.15, 0.2) is 0 Å². The third-order valence-corrected chi connectivity index (χ3v) is 2.63. The monoisotopic (exact) mass is 218 g/mol. The van der Waals surface area contributed by atoms with E-state index in [1.165, 1.54) is 0 Å². The Morgan fingerprint density at radius 1 is 1.67 bits per heavy atom. The second-order valence-corrected chi connectivity index (χ2v) is 3.63. The normalized spacial score (nSPS) is 24.6. The fraction of sp³-hybridized carbons (Fsp3) is 0.778. The fourth-order valence-electron chi connectivity index (χ4n) is 1.69. The maximum Gasteiger partial charge on any atom is 0.407 e. The van der Waals surface area contributed by atoms with Gasteiger partial charge in [0.25, 0.3) is 5.92 Å². The first kappa shape index (κ1) is 11.7. The topological polar surface area (TPSA) is 64.3 Å². The fourth-order valence-corrected chi connectivity index (χ4v) is 1.69. The molecule has 0 aromatic carbocycles. The van der Waals surface area contributed by atoms with Crippen LogP contribution in [-0.4, -0.2) is 35.1 Å². The number of nitrogens with zero attached hydrogens (tertiary/aromatic N) is 2. The third kappa shape index (κ3) is 2.78. The predicted molar refractivity (Wildman–Crippen MR) is 47.5 cm³/mol. The number of carboxylic acid groups (broad SMARTS) is 1. The summed E-state index contributed by atoms with van der Waals surface area (Å²) in [6.07, 6.45) is -1.54. The average Bonchev–Trinajstić information content (AvgIpc) is 2.15. The number of carbonyl (C=O) groups is 1. The standard InChI is InChI=1S/C9H12F2N2O2/c10-9(11)3-5-13(8(14)15)6-7(9)2-1-4-12/h7H,1-3,5-6H2,(H,14,15). The van der Waals surface area contributed by atoms with E-state index in [1.54, 1.807) is 6.07 Å². The molecule has 1 aliphatic rings. The lowest BCUT2D eigenvalue weighted by Crippen LogP contribution is -2.48. The van der Waals surface area contributed by atoms with Crippen molar-refractivity contribution >= 4 is 6.09 Å². The molecule has 1 atom stereocenters. The van der Waals surface area contributed by atoms with E-state index in [4.69, 9.17) is 10.4 Å². The summed E-state index contributed by atoms with van der Waals surface area (Å²) in [5.41, 5.74) is 0. The van der Waals surface area contributed by atoms with E-state index < -0.39 is 24.4 Å². The number of hydrogen-bond acceptors (Lipinski definition) is 2. The highest BCUT2D eigenvalue weighted by molar-refractivity contribution is 5.65. The molecule has 0 radical (unpaired) electrons. The minimum Gasteiger partial charge on any atom is -0.465 e. The van der Waals surface area contributed by atoms with Crippen molar-refractivity contribution < 1.29 is 18.7 Å². The molecule has 0 aromatic heterocycles. The zero-order valence-electron chi connectivity index (χ0n) is 8.12. The van der Waals surface area contributed by atoms with Crippen LogP contribution in [0.1, 0.15) is 19.3 Å². The Morgan fingerprint density at radius 3 is 2.87 bits per heavy atom. The molecule has 84 valence electrons. The van der Waals surface area contributed by atoms with Crippen molar-refractivity contribution in [2.45, 2.75) is 25.2 Å². The van der Waals surface area contributed by atoms with Gasteiger partial charge in [0.2, 0.25) is 0 Å². The molecule has 0 saturated carbocycles. The van der Waals surface area contributed by atoms with Crippen LogP contribution in [0.5, 0.6) is 0 Å². The van der Waals surface area contributed by atoms with E-state index in [1.807, 2.05) is 0 Å². The maximum atomic E-state index is 13.3. The Morgan fingerprint density at radius 2 is 2.33 bits per heavy atom. The molecule has 0 bridgehead atoms. The van der Waals surface area contributed by atoms with Crippen LogP contribution in [0.4, 0.5) is 13.6 Å². The van der Waals surface area contributed by atoms with Gasteiger partial charge < -0.3 is 10.0 Å². The van der Waals surface area contributed by atoms with Gasteiger partial charge in [0.1, 0.15) is 0 Å². The third-order valence-electron chi connectivity index (χ3n) is 2.63. The average molecular weight is 218 g/mol. The first-order chi connectivity index (χ1) is 6.97. The number of alkyl halides is 2. The number of halogens is 2. The van der Waals surface area contributed by atoms with E-state index >= 15 is 0 Å². The van der Waals surface area contributed by atoms with Crippen molar-refractivity contribution in [2.75, 3.05) is 13.1 Å². The molecular weight excluding hydrogens is 206 g/mol. The smallest absolute Gasteiger partial charge is 0.407 e. The van der Waals surface area contributed by atoms with E-state index in [2.05, 4.69) is 0 Å². The molecule has 1 saturated heterocycles. The first-order valence-corrected chi connectivity index (χ1v) is 4.70. The Balaban J connectivity index is 2.62. The molecule has 15 heavy (non-hydrogen) atoms. The van der Waals surface area contributed by atoms with Crippen LogP contribution in [0.2, 0.25) is 0 Å². The molecule has 1 fully saturated rings. The summed E-state index contributed by atoms with van der Waals surface area (Å²) >= 11 is 0. The summed E-state index contributed by atoms with van der Waals surface area (Å²) < 4.78 is 26.6. The van der Waals surface area contributed by atoms with Gasteiger partial charge in [0.05, 0.1) is 6.07 Å². The van der Waals surface area contributed by atoms with E-state index in [0.29, 0.717) is 0 Å². The number of nitriles is 1. The van der Waals surface area contributed by atoms with Crippen LogP contribution in [-0.2, 0) is 0 Å². The quantitative estimate of drug-likeness (QED) is 0.770. The predicted octanol–water partition coefficient (Wildman–Crippen LogP) is 1.93. The van der Waals surface area contributed by atoms with Crippen LogP contribution in [0.25, 0.3) is 0 Å². The Bertz CT molecular complexity index is 288. The molecule has 1 aliphatic heterocycles. The van der Waals surface area contributed by atoms with Gasteiger partial charge >= 0.3 is 6.09 Å². The number of likely N-dealkylation sites (tertiary alicyclic amines) is 1. The lowest BCUT2D eigenvalue weighted by molar-refractivity contribution is -0.102. The zero-order valence-corrected chi connectivity index (χ0v) is 8.12. The van der Waals surface area contributed by atoms with Crippen molar-refractivity contribution in [1.82, 2.24) is 4.90 Å². The van der Waals surface area contributed by atoms with Crippen molar-refractivity contribution in [3.63, 3.8) is 0 Å². The molecule has 1 rings (SSSR count). The largest absolute Gasteiger partial charge is 0.465 e. The summed E-state index contributed by atoms with van der Waals surface area (Å²) in [6, 6.07) is 1.80. The summed E-state index contributed by atoms with van der Waals surface area (Å²) in [4.78, 5) is 11.6. The van der Waals surface area contributed by atoms with Gasteiger partial charge in [-0.15, -0.1) is 0 Å². The molecule has 1 heterocycles. The second-order valence-electron chi connectivity index (χ2n) is 3.63. The molecule has 1 unspecified atom stereocenters. The van der Waals surface area contributed by atoms with E-state index in [9.17, 15) is 13.6 Å². The number of piperidine rings is 1. The Kier molecular flexibility index (Phi) is 3.45. The van der Waals surface area contributed by atoms with E-state index in [-0.39, 0.29) is 25.9 Å². The molecule has 0 aromatic rings. The molecule has 1 N–H and O–H groups in total. The minimum absolute atomic E-state index is 0.0354. The SMILES string of the molecule is N#CCCC1CN(C(=O)O)CCC1(F)F. The van der Waals surface area contributed by atoms with Crippen molar-refractivity contribution in [3.05, 3.63) is 0 Å². The first-order valence-electron chi connectivity index (χ1n) is 4.70. The number of amides is 1. The van der Waals surface area contributed by atoms with E-state index in [0.717, 1.165) is 4.90 Å². The lowest BCUT2D eigenvalue weighted by Gasteiger charge is -2.36. The van der Waals surface area contributed by atoms with Crippen molar-refractivity contribution in [2.24, 2.45) is 5.92 Å². The summed E-state index contributed by atoms with van der Waals surface area (Å²) in [7, 11) is 0. The van der Waals surface area contributed by atoms with Crippen LogP contribution >= 0.6 is 0 Å². The highest BCUT2D eigenvalue weighted by Crippen LogP contribution is 2.36. The molecular formula is C9H12F2N2O2. The van der Waals surface area contributed by atoms with Crippen LogP contribution < -0.4 is 0 Å². The Labute approximate surface area is 86.1 Å². The van der Waals surface area contributed by atoms with Crippen molar-refractivity contribution in [1.29, 1.82) is 5.26 Å². The zero-order chi connectivity index (χ0) is 11.5. The van der Waals surface area contributed by atoms with Crippen LogP contribution in [0.3, 0.4) is 0 Å². The molecule has 4 nitrogen and oxygen atoms in total. The highest BCUT2D eigenvalue weighted by atomic mass is 19.3. The van der Waals surface area contributed by atoms with Crippen LogP contribution in [0.15, 0.2) is 0 Å². The molecule has 1 amide bonds. The van der Waals surface area contributed by atoms with Gasteiger partial charge in [0, 0.05) is 31.8 Å². The number of hydrogen-bond donors (Lipinski definition) is 1. The molecule has 0 aliphatic carbocycles. The summed E-state index contributed by atoms with van der Waals surface area (Å²) in [5, 5.41) is 17.0. The lowest BCUT2D eigenvalue weighted by atomic mass is 9.90. The highest BCUT2D eigenvalue weighted by Gasteiger charge is 2.44. The maximum absolute atomic E-state index is 13.3.